The summed E-state index contributed by atoms with van der Waals surface area (Å²) in [5, 5.41) is 0. The fourth-order valence-corrected chi connectivity index (χ4v) is 4.43. The average Bonchev–Trinajstić information content (AvgIpc) is 2.80. The summed E-state index contributed by atoms with van der Waals surface area (Å²) in [6, 6.07) is 34.9. The van der Waals surface area contributed by atoms with E-state index in [0.29, 0.717) is 0 Å². The summed E-state index contributed by atoms with van der Waals surface area (Å²) in [6.45, 7) is 0. The third kappa shape index (κ3) is 3.03. The minimum atomic E-state index is 1.13. The maximum absolute atomic E-state index is 2.50. The molecule has 4 aromatic rings. The molecule has 5 rings (SSSR count). The third-order valence-corrected chi connectivity index (χ3v) is 5.72. The van der Waals surface area contributed by atoms with E-state index in [-0.39, 0.29) is 0 Å². The average molecular weight is 362 g/mol. The van der Waals surface area contributed by atoms with Gasteiger partial charge in [-0.05, 0) is 42.5 Å². The molecule has 3 aromatic carbocycles. The Morgan fingerprint density at radius 1 is 0.571 bits per heavy atom. The van der Waals surface area contributed by atoms with Gasteiger partial charge < -0.3 is 0 Å². The molecule has 0 radical (unpaired) electrons. The van der Waals surface area contributed by atoms with E-state index in [9.17, 15) is 0 Å². The second-order valence-corrected chi connectivity index (χ2v) is 7.48. The van der Waals surface area contributed by atoms with Gasteiger partial charge in [0.2, 0.25) is 11.4 Å². The number of aromatic nitrogens is 1. The van der Waals surface area contributed by atoms with E-state index in [0.717, 1.165) is 12.8 Å². The normalized spacial score (nSPS) is 13.1. The topological polar surface area (TPSA) is 3.88 Å². The van der Waals surface area contributed by atoms with Gasteiger partial charge >= 0.3 is 0 Å². The minimum absolute atomic E-state index is 1.13. The molecular formula is C27H24N+. The van der Waals surface area contributed by atoms with E-state index in [1.54, 1.807) is 0 Å². The van der Waals surface area contributed by atoms with Crippen LogP contribution >= 0.6 is 0 Å². The molecule has 0 amide bonds. The monoisotopic (exact) mass is 362 g/mol. The Labute approximate surface area is 166 Å². The molecular weight excluding hydrogens is 338 g/mol. The molecule has 1 nitrogen and oxygen atoms in total. The summed E-state index contributed by atoms with van der Waals surface area (Å²) in [5.74, 6) is 0. The Bertz CT molecular complexity index is 1080. The van der Waals surface area contributed by atoms with E-state index in [1.807, 2.05) is 0 Å². The molecule has 0 unspecified atom stereocenters. The predicted octanol–water partition coefficient (Wildman–Crippen LogP) is 6.18. The molecule has 1 aliphatic carbocycles. The van der Waals surface area contributed by atoms with Crippen molar-refractivity contribution < 1.29 is 4.57 Å². The van der Waals surface area contributed by atoms with Gasteiger partial charge in [0.1, 0.15) is 0 Å². The molecule has 0 N–H and O–H groups in total. The lowest BCUT2D eigenvalue weighted by molar-refractivity contribution is -0.593. The lowest BCUT2D eigenvalue weighted by Gasteiger charge is -2.20. The second-order valence-electron chi connectivity index (χ2n) is 7.48. The number of nitrogens with zero attached hydrogens (tertiary/aromatic N) is 1. The fourth-order valence-electron chi connectivity index (χ4n) is 4.43. The highest BCUT2D eigenvalue weighted by atomic mass is 15.0. The van der Waals surface area contributed by atoms with Crippen LogP contribution in [0.4, 0.5) is 0 Å². The first-order valence-electron chi connectivity index (χ1n) is 10.2. The van der Waals surface area contributed by atoms with Crippen molar-refractivity contribution in [1.82, 2.24) is 0 Å². The summed E-state index contributed by atoms with van der Waals surface area (Å²) in [6.07, 6.45) is 4.81. The maximum Gasteiger partial charge on any atom is 0.219 e. The SMILES string of the molecule is c1ccc(-c2cc(-c3ccccc3)[n+](-c3ccccc3)c3c2CCCC3)cc1. The van der Waals surface area contributed by atoms with Crippen LogP contribution in [0.2, 0.25) is 0 Å². The first-order valence-corrected chi connectivity index (χ1v) is 10.2. The second kappa shape index (κ2) is 7.44. The molecule has 1 aromatic heterocycles. The highest BCUT2D eigenvalue weighted by Gasteiger charge is 2.29. The summed E-state index contributed by atoms with van der Waals surface area (Å²) >= 11 is 0. The lowest BCUT2D eigenvalue weighted by atomic mass is 9.87. The molecule has 136 valence electrons. The molecule has 0 spiro atoms. The predicted molar refractivity (Wildman–Crippen MR) is 115 cm³/mol. The summed E-state index contributed by atoms with van der Waals surface area (Å²) in [7, 11) is 0. The van der Waals surface area contributed by atoms with Crippen LogP contribution in [0.1, 0.15) is 24.1 Å². The van der Waals surface area contributed by atoms with Gasteiger partial charge in [-0.15, -0.1) is 0 Å². The van der Waals surface area contributed by atoms with Crippen molar-refractivity contribution >= 4 is 0 Å². The first kappa shape index (κ1) is 16.9. The Kier molecular flexibility index (Phi) is 4.50. The van der Waals surface area contributed by atoms with Crippen molar-refractivity contribution in [2.45, 2.75) is 25.7 Å². The smallest absolute Gasteiger partial charge is 0.157 e. The number of rotatable bonds is 3. The van der Waals surface area contributed by atoms with Gasteiger partial charge in [0.15, 0.2) is 5.69 Å². The van der Waals surface area contributed by atoms with Crippen LogP contribution in [0.5, 0.6) is 0 Å². The zero-order valence-electron chi connectivity index (χ0n) is 16.0. The number of hydrogen-bond acceptors (Lipinski definition) is 0. The van der Waals surface area contributed by atoms with Crippen molar-refractivity contribution in [3.8, 4) is 28.1 Å². The van der Waals surface area contributed by atoms with Crippen molar-refractivity contribution in [3.05, 3.63) is 108 Å². The van der Waals surface area contributed by atoms with Crippen LogP contribution in [-0.4, -0.2) is 0 Å². The summed E-state index contributed by atoms with van der Waals surface area (Å²) < 4.78 is 2.50. The molecule has 0 fully saturated rings. The number of para-hydroxylation sites is 1. The van der Waals surface area contributed by atoms with Crippen molar-refractivity contribution in [3.63, 3.8) is 0 Å². The largest absolute Gasteiger partial charge is 0.219 e. The molecule has 0 bridgehead atoms. The van der Waals surface area contributed by atoms with Crippen LogP contribution in [-0.2, 0) is 12.8 Å². The van der Waals surface area contributed by atoms with Crippen LogP contribution in [0, 0.1) is 0 Å². The number of hydrogen-bond donors (Lipinski definition) is 0. The fraction of sp³-hybridized carbons (Fsp3) is 0.148. The van der Waals surface area contributed by atoms with Gasteiger partial charge in [-0.1, -0.05) is 66.7 Å². The molecule has 1 aliphatic rings. The molecule has 1 heterocycles. The van der Waals surface area contributed by atoms with E-state index in [2.05, 4.69) is 102 Å². The van der Waals surface area contributed by atoms with E-state index >= 15 is 0 Å². The van der Waals surface area contributed by atoms with E-state index in [1.165, 1.54) is 52.2 Å². The summed E-state index contributed by atoms with van der Waals surface area (Å²) in [4.78, 5) is 0. The van der Waals surface area contributed by atoms with Gasteiger partial charge in [-0.25, -0.2) is 0 Å². The molecule has 28 heavy (non-hydrogen) atoms. The molecule has 0 saturated carbocycles. The Morgan fingerprint density at radius 3 is 1.82 bits per heavy atom. The Morgan fingerprint density at radius 2 is 1.14 bits per heavy atom. The molecule has 0 saturated heterocycles. The van der Waals surface area contributed by atoms with Crippen LogP contribution in [0.3, 0.4) is 0 Å². The van der Waals surface area contributed by atoms with Crippen LogP contribution in [0.15, 0.2) is 97.1 Å². The quantitative estimate of drug-likeness (QED) is 0.383. The molecule has 0 aliphatic heterocycles. The van der Waals surface area contributed by atoms with Gasteiger partial charge in [0.05, 0.1) is 0 Å². The zero-order valence-corrected chi connectivity index (χ0v) is 16.0. The lowest BCUT2D eigenvalue weighted by Crippen LogP contribution is -2.40. The van der Waals surface area contributed by atoms with Gasteiger partial charge in [-0.3, -0.25) is 0 Å². The highest BCUT2D eigenvalue weighted by molar-refractivity contribution is 5.73. The van der Waals surface area contributed by atoms with Crippen molar-refractivity contribution in [1.29, 1.82) is 0 Å². The van der Waals surface area contributed by atoms with E-state index < -0.39 is 0 Å². The highest BCUT2D eigenvalue weighted by Crippen LogP contribution is 2.34. The first-order chi connectivity index (χ1) is 13.9. The standard InChI is InChI=1S/C27H24N/c1-4-12-21(13-5-1)25-20-27(22-14-6-2-7-15-22)28(23-16-8-3-9-17-23)26-19-11-10-18-24(25)26/h1-9,12-17,20H,10-11,18-19H2/q+1. The van der Waals surface area contributed by atoms with Crippen molar-refractivity contribution in [2.24, 2.45) is 0 Å². The Balaban J connectivity index is 1.86. The minimum Gasteiger partial charge on any atom is -0.157 e. The molecule has 0 atom stereocenters. The Hall–Kier alpha value is -3.19. The van der Waals surface area contributed by atoms with Gasteiger partial charge in [0.25, 0.3) is 0 Å². The third-order valence-electron chi connectivity index (χ3n) is 5.72. The zero-order chi connectivity index (χ0) is 18.8. The van der Waals surface area contributed by atoms with Crippen molar-refractivity contribution in [2.75, 3.05) is 0 Å². The molecule has 1 heteroatoms. The number of benzene rings is 3. The maximum atomic E-state index is 2.50. The van der Waals surface area contributed by atoms with Gasteiger partial charge in [-0.2, -0.15) is 4.57 Å². The van der Waals surface area contributed by atoms with Gasteiger partial charge in [0, 0.05) is 35.7 Å². The summed E-state index contributed by atoms with van der Waals surface area (Å²) in [5.41, 5.74) is 9.47. The van der Waals surface area contributed by atoms with Crippen LogP contribution < -0.4 is 4.57 Å². The number of fused-ring (bicyclic) bond motifs is 1. The number of pyridine rings is 1. The van der Waals surface area contributed by atoms with Crippen LogP contribution in [0.25, 0.3) is 28.1 Å². The van der Waals surface area contributed by atoms with E-state index in [4.69, 9.17) is 0 Å².